The first kappa shape index (κ1) is 24.0. The number of benzene rings is 2. The van der Waals surface area contributed by atoms with Gasteiger partial charge in [0.2, 0.25) is 0 Å². The number of nitrogens with one attached hydrogen (secondary N) is 1. The summed E-state index contributed by atoms with van der Waals surface area (Å²) in [5, 5.41) is 4.01. The topological polar surface area (TPSA) is 86.2 Å². The van der Waals surface area contributed by atoms with Crippen LogP contribution < -0.4 is 14.8 Å². The molecule has 2 aromatic carbocycles. The number of amidine groups is 1. The summed E-state index contributed by atoms with van der Waals surface area (Å²) in [6.07, 6.45) is 1.66. The smallest absolute Gasteiger partial charge is 0.344 e. The van der Waals surface area contributed by atoms with Gasteiger partial charge >= 0.3 is 5.97 Å². The second-order valence-electron chi connectivity index (χ2n) is 6.49. The van der Waals surface area contributed by atoms with E-state index in [0.29, 0.717) is 32.1 Å². The Morgan fingerprint density at radius 2 is 2.03 bits per heavy atom. The van der Waals surface area contributed by atoms with Crippen LogP contribution in [-0.4, -0.2) is 37.4 Å². The first-order valence-electron chi connectivity index (χ1n) is 9.53. The molecule has 0 aromatic heterocycles. The van der Waals surface area contributed by atoms with Crippen LogP contribution in [0.5, 0.6) is 11.5 Å². The van der Waals surface area contributed by atoms with Crippen LogP contribution in [0.15, 0.2) is 40.2 Å². The highest BCUT2D eigenvalue weighted by Crippen LogP contribution is 2.38. The van der Waals surface area contributed by atoms with E-state index in [0.717, 1.165) is 5.56 Å². The molecule has 10 heteroatoms. The van der Waals surface area contributed by atoms with Crippen molar-refractivity contribution < 1.29 is 23.8 Å². The molecule has 0 bridgehead atoms. The van der Waals surface area contributed by atoms with E-state index in [-0.39, 0.29) is 29.9 Å². The Balaban J connectivity index is 1.82. The monoisotopic (exact) mass is 494 g/mol. The molecule has 3 rings (SSSR count). The molecular weight excluding hydrogens is 475 g/mol. The molecule has 32 heavy (non-hydrogen) atoms. The van der Waals surface area contributed by atoms with Gasteiger partial charge in [0, 0.05) is 5.02 Å². The van der Waals surface area contributed by atoms with E-state index in [4.69, 9.17) is 37.4 Å². The van der Waals surface area contributed by atoms with Crippen LogP contribution in [0.3, 0.4) is 0 Å². The number of thioether (sulfide) groups is 1. The van der Waals surface area contributed by atoms with E-state index in [2.05, 4.69) is 10.3 Å². The number of halogens is 2. The molecular formula is C22H20Cl2N2O5S. The molecule has 1 fully saturated rings. The standard InChI is InChI=1S/C22H20Cl2N2O5S/c1-4-30-19(27)11-31-20-15(24)8-13(9-17(20)29-3)10-18-21(28)26-22(32-18)25-16-7-5-6-14(23)12(16)2/h5-10H,4,11H2,1-3H3,(H,25,26,28)/b18-10+. The molecule has 0 spiro atoms. The number of ether oxygens (including phenoxy) is 3. The van der Waals surface area contributed by atoms with Gasteiger partial charge in [-0.05, 0) is 67.1 Å². The van der Waals surface area contributed by atoms with Gasteiger partial charge in [0.05, 0.1) is 29.3 Å². The molecule has 0 atom stereocenters. The van der Waals surface area contributed by atoms with Gasteiger partial charge in [-0.3, -0.25) is 4.79 Å². The van der Waals surface area contributed by atoms with Crippen LogP contribution in [0.25, 0.3) is 6.08 Å². The van der Waals surface area contributed by atoms with Crippen LogP contribution in [0.1, 0.15) is 18.1 Å². The summed E-state index contributed by atoms with van der Waals surface area (Å²) in [5.41, 5.74) is 2.12. The van der Waals surface area contributed by atoms with Gasteiger partial charge in [-0.2, -0.15) is 0 Å². The molecule has 168 valence electrons. The number of carbonyl (C=O) groups is 2. The molecule has 1 heterocycles. The molecule has 0 unspecified atom stereocenters. The summed E-state index contributed by atoms with van der Waals surface area (Å²) in [6.45, 7) is 3.52. The molecule has 1 amide bonds. The first-order valence-corrected chi connectivity index (χ1v) is 11.1. The highest BCUT2D eigenvalue weighted by atomic mass is 35.5. The summed E-state index contributed by atoms with van der Waals surface area (Å²) in [7, 11) is 1.45. The second-order valence-corrected chi connectivity index (χ2v) is 8.34. The van der Waals surface area contributed by atoms with Crippen molar-refractivity contribution in [2.75, 3.05) is 20.3 Å². The van der Waals surface area contributed by atoms with E-state index < -0.39 is 5.97 Å². The zero-order valence-corrected chi connectivity index (χ0v) is 19.9. The van der Waals surface area contributed by atoms with Crippen LogP contribution in [0.4, 0.5) is 5.69 Å². The van der Waals surface area contributed by atoms with Gasteiger partial charge in [0.15, 0.2) is 23.3 Å². The number of hydrogen-bond donors (Lipinski definition) is 1. The van der Waals surface area contributed by atoms with Gasteiger partial charge in [0.25, 0.3) is 5.91 Å². The lowest BCUT2D eigenvalue weighted by atomic mass is 10.2. The van der Waals surface area contributed by atoms with E-state index >= 15 is 0 Å². The zero-order chi connectivity index (χ0) is 23.3. The van der Waals surface area contributed by atoms with Gasteiger partial charge in [-0.1, -0.05) is 29.3 Å². The Morgan fingerprint density at radius 3 is 2.75 bits per heavy atom. The zero-order valence-electron chi connectivity index (χ0n) is 17.5. The largest absolute Gasteiger partial charge is 0.493 e. The quantitative estimate of drug-likeness (QED) is 0.423. The van der Waals surface area contributed by atoms with E-state index in [1.165, 1.54) is 18.9 Å². The lowest BCUT2D eigenvalue weighted by Gasteiger charge is -2.13. The van der Waals surface area contributed by atoms with Gasteiger partial charge < -0.3 is 19.5 Å². The normalized spacial score (nSPS) is 15.7. The Bertz CT molecular complexity index is 1120. The number of hydrogen-bond acceptors (Lipinski definition) is 7. The summed E-state index contributed by atoms with van der Waals surface area (Å²) in [5.74, 6) is -0.268. The fourth-order valence-electron chi connectivity index (χ4n) is 2.76. The highest BCUT2D eigenvalue weighted by Gasteiger charge is 2.24. The number of esters is 1. The van der Waals surface area contributed by atoms with Crippen molar-refractivity contribution in [3.05, 3.63) is 56.4 Å². The molecule has 7 nitrogen and oxygen atoms in total. The Hall–Kier alpha value is -2.68. The second kappa shape index (κ2) is 10.8. The summed E-state index contributed by atoms with van der Waals surface area (Å²) in [4.78, 5) is 28.9. The fraction of sp³-hybridized carbons (Fsp3) is 0.227. The maximum atomic E-state index is 12.4. The van der Waals surface area contributed by atoms with Crippen molar-refractivity contribution in [2.45, 2.75) is 13.8 Å². The molecule has 0 aliphatic carbocycles. The van der Waals surface area contributed by atoms with Gasteiger partial charge in [0.1, 0.15) is 0 Å². The minimum absolute atomic E-state index is 0.214. The molecule has 2 aromatic rings. The highest BCUT2D eigenvalue weighted by molar-refractivity contribution is 8.18. The predicted octanol–water partition coefficient (Wildman–Crippen LogP) is 5.14. The number of methoxy groups -OCH3 is 1. The van der Waals surface area contributed by atoms with E-state index in [1.807, 2.05) is 13.0 Å². The van der Waals surface area contributed by atoms with Gasteiger partial charge in [-0.15, -0.1) is 0 Å². The molecule has 1 saturated heterocycles. The van der Waals surface area contributed by atoms with E-state index in [1.54, 1.807) is 37.3 Å². The van der Waals surface area contributed by atoms with Crippen LogP contribution in [0.2, 0.25) is 10.0 Å². The average molecular weight is 495 g/mol. The SMILES string of the molecule is CCOC(=O)COc1c(Cl)cc(/C=C2/SC(=Nc3cccc(Cl)c3C)NC2=O)cc1OC. The molecule has 0 saturated carbocycles. The summed E-state index contributed by atoms with van der Waals surface area (Å²) in [6, 6.07) is 8.67. The van der Waals surface area contributed by atoms with Crippen molar-refractivity contribution in [1.29, 1.82) is 0 Å². The maximum Gasteiger partial charge on any atom is 0.344 e. The lowest BCUT2D eigenvalue weighted by Crippen LogP contribution is -2.19. The third-order valence-electron chi connectivity index (χ3n) is 4.30. The summed E-state index contributed by atoms with van der Waals surface area (Å²) < 4.78 is 15.6. The molecule has 1 N–H and O–H groups in total. The van der Waals surface area contributed by atoms with Crippen molar-refractivity contribution in [2.24, 2.45) is 4.99 Å². The Morgan fingerprint density at radius 1 is 1.25 bits per heavy atom. The number of amides is 1. The summed E-state index contributed by atoms with van der Waals surface area (Å²) >= 11 is 13.7. The minimum atomic E-state index is -0.516. The maximum absolute atomic E-state index is 12.4. The minimum Gasteiger partial charge on any atom is -0.493 e. The number of carbonyl (C=O) groups excluding carboxylic acids is 2. The molecule has 1 aliphatic rings. The average Bonchev–Trinajstić information content (AvgIpc) is 3.09. The number of nitrogens with zero attached hydrogens (tertiary/aromatic N) is 1. The Kier molecular flexibility index (Phi) is 8.06. The van der Waals surface area contributed by atoms with Crippen LogP contribution in [-0.2, 0) is 14.3 Å². The van der Waals surface area contributed by atoms with Crippen molar-refractivity contribution in [3.8, 4) is 11.5 Å². The molecule has 1 aliphatic heterocycles. The van der Waals surface area contributed by atoms with Crippen molar-refractivity contribution in [3.63, 3.8) is 0 Å². The van der Waals surface area contributed by atoms with Crippen molar-refractivity contribution >= 4 is 63.8 Å². The molecule has 0 radical (unpaired) electrons. The lowest BCUT2D eigenvalue weighted by molar-refractivity contribution is -0.145. The Labute approximate surface area is 199 Å². The van der Waals surface area contributed by atoms with Gasteiger partial charge in [-0.25, -0.2) is 9.79 Å². The van der Waals surface area contributed by atoms with Crippen LogP contribution >= 0.6 is 35.0 Å². The van der Waals surface area contributed by atoms with Crippen LogP contribution in [0, 0.1) is 6.92 Å². The number of rotatable bonds is 7. The van der Waals surface area contributed by atoms with Crippen molar-refractivity contribution in [1.82, 2.24) is 5.32 Å². The third-order valence-corrected chi connectivity index (χ3v) is 5.90. The predicted molar refractivity (Wildman–Crippen MR) is 127 cm³/mol. The first-order chi connectivity index (χ1) is 15.3. The number of aliphatic imine (C=N–C) groups is 1. The van der Waals surface area contributed by atoms with E-state index in [9.17, 15) is 9.59 Å². The fourth-order valence-corrected chi connectivity index (χ4v) is 4.03. The third kappa shape index (κ3) is 5.76.